The van der Waals surface area contributed by atoms with Crippen LogP contribution < -0.4 is 9.47 Å². The summed E-state index contributed by atoms with van der Waals surface area (Å²) in [5.74, 6) is -0.318. The quantitative estimate of drug-likeness (QED) is 0.0522. The van der Waals surface area contributed by atoms with E-state index >= 15 is 4.39 Å². The zero-order valence-corrected chi connectivity index (χ0v) is 31.9. The van der Waals surface area contributed by atoms with Crippen LogP contribution in [0.2, 0.25) is 10.0 Å². The maximum Gasteiger partial charge on any atom is 0.239 e. The summed E-state index contributed by atoms with van der Waals surface area (Å²) in [6.45, 7) is 0.953. The number of ether oxygens (including phenoxy) is 3. The number of rotatable bonds is 13. The predicted octanol–water partition coefficient (Wildman–Crippen LogP) is 9.48. The fourth-order valence-electron chi connectivity index (χ4n) is 5.65. The van der Waals surface area contributed by atoms with Gasteiger partial charge in [-0.1, -0.05) is 88.1 Å². The normalized spacial score (nSPS) is 16.1. The molecule has 0 spiro atoms. The minimum atomic E-state index is -1.13. The van der Waals surface area contributed by atoms with Crippen molar-refractivity contribution in [3.8, 4) is 23.0 Å². The third-order valence-electron chi connectivity index (χ3n) is 8.62. The first-order valence-corrected chi connectivity index (χ1v) is 18.3. The molecule has 1 saturated carbocycles. The maximum atomic E-state index is 15.3. The van der Waals surface area contributed by atoms with E-state index in [2.05, 4.69) is 20.4 Å². The monoisotopic (exact) mass is 813 g/mol. The molecule has 1 fully saturated rings. The smallest absolute Gasteiger partial charge is 0.239 e. The Hall–Kier alpha value is -4.66. The molecule has 11 nitrogen and oxygen atoms in total. The van der Waals surface area contributed by atoms with Gasteiger partial charge < -0.3 is 29.0 Å². The molecule has 54 heavy (non-hydrogen) atoms. The second-order valence-electron chi connectivity index (χ2n) is 12.3. The molecule has 16 heteroatoms. The molecule has 1 aliphatic carbocycles. The molecule has 0 amide bonds. The zero-order valence-electron chi connectivity index (χ0n) is 28.8. The van der Waals surface area contributed by atoms with E-state index in [1.165, 1.54) is 31.8 Å². The van der Waals surface area contributed by atoms with Crippen LogP contribution in [-0.2, 0) is 27.4 Å². The van der Waals surface area contributed by atoms with Crippen molar-refractivity contribution in [2.24, 2.45) is 10.3 Å². The van der Waals surface area contributed by atoms with Crippen LogP contribution in [0.3, 0.4) is 0 Å². The summed E-state index contributed by atoms with van der Waals surface area (Å²) < 4.78 is 34.5. The van der Waals surface area contributed by atoms with Gasteiger partial charge in [-0.2, -0.15) is 4.39 Å². The van der Waals surface area contributed by atoms with Gasteiger partial charge in [0, 0.05) is 17.0 Å². The van der Waals surface area contributed by atoms with Crippen LogP contribution in [-0.4, -0.2) is 62.8 Å². The molecular weight excluding hydrogens is 780 g/mol. The van der Waals surface area contributed by atoms with Crippen molar-refractivity contribution in [3.63, 3.8) is 0 Å². The Morgan fingerprint density at radius 3 is 2.24 bits per heavy atom. The van der Waals surface area contributed by atoms with Crippen molar-refractivity contribution in [3.05, 3.63) is 129 Å². The van der Waals surface area contributed by atoms with E-state index in [0.717, 1.165) is 18.4 Å². The zero-order chi connectivity index (χ0) is 38.1. The summed E-state index contributed by atoms with van der Waals surface area (Å²) in [6, 6.07) is 26.0. The Morgan fingerprint density at radius 1 is 0.963 bits per heavy atom. The average Bonchev–Trinajstić information content (AvgIpc) is 3.83. The first kappa shape index (κ1) is 39.0. The highest BCUT2D eigenvalue weighted by Crippen LogP contribution is 2.53. The molecule has 0 radical (unpaired) electrons. The molecule has 2 heterocycles. The van der Waals surface area contributed by atoms with Crippen LogP contribution in [0, 0.1) is 10.6 Å². The largest absolute Gasteiger partial charge is 0.474 e. The predicted molar refractivity (Wildman–Crippen MR) is 207 cm³/mol. The second kappa shape index (κ2) is 17.7. The van der Waals surface area contributed by atoms with E-state index in [0.29, 0.717) is 51.5 Å². The van der Waals surface area contributed by atoms with Gasteiger partial charge in [0.2, 0.25) is 16.5 Å². The van der Waals surface area contributed by atoms with Crippen LogP contribution in [0.25, 0.3) is 0 Å². The summed E-state index contributed by atoms with van der Waals surface area (Å²) >= 11 is 24.0. The number of oxime groups is 2. The minimum absolute atomic E-state index is 0.0241. The third-order valence-corrected chi connectivity index (χ3v) is 10.4. The van der Waals surface area contributed by atoms with Gasteiger partial charge in [0.15, 0.2) is 18.1 Å². The molecule has 0 saturated heterocycles. The Labute approximate surface area is 330 Å². The first-order chi connectivity index (χ1) is 26.1. The van der Waals surface area contributed by atoms with Gasteiger partial charge in [-0.25, -0.2) is 4.98 Å². The fraction of sp³-hybridized carbons (Fsp3) is 0.263. The Balaban J connectivity index is 0.000000203. The highest BCUT2D eigenvalue weighted by molar-refractivity contribution is 7.71. The van der Waals surface area contributed by atoms with Crippen LogP contribution in [0.15, 0.2) is 108 Å². The molecule has 1 aromatic heterocycles. The van der Waals surface area contributed by atoms with Gasteiger partial charge in [0.05, 0.1) is 22.7 Å². The van der Waals surface area contributed by atoms with Gasteiger partial charge >= 0.3 is 0 Å². The molecule has 2 aliphatic rings. The molecule has 2 unspecified atom stereocenters. The van der Waals surface area contributed by atoms with Crippen molar-refractivity contribution in [1.29, 1.82) is 0 Å². The number of nitrogens with one attached hydrogen (secondary N) is 1. The lowest BCUT2D eigenvalue weighted by Crippen LogP contribution is -2.47. The number of halogens is 4. The number of benzene rings is 4. The summed E-state index contributed by atoms with van der Waals surface area (Å²) in [5, 5.41) is 22.9. The molecular formula is C38H35Cl3FN5O6S. The van der Waals surface area contributed by atoms with Crippen LogP contribution in [0.1, 0.15) is 29.9 Å². The number of para-hydroxylation sites is 2. The Bertz CT molecular complexity index is 2180. The lowest BCUT2D eigenvalue weighted by Gasteiger charge is -2.33. The highest BCUT2D eigenvalue weighted by Gasteiger charge is 2.58. The van der Waals surface area contributed by atoms with Crippen molar-refractivity contribution in [2.45, 2.75) is 42.2 Å². The number of alkyl halides is 1. The van der Waals surface area contributed by atoms with Crippen molar-refractivity contribution < 1.29 is 33.4 Å². The van der Waals surface area contributed by atoms with E-state index in [1.807, 2.05) is 30.3 Å². The molecule has 7 rings (SSSR count). The number of aromatic amines is 1. The number of hydrogen-bond acceptors (Lipinski definition) is 10. The summed E-state index contributed by atoms with van der Waals surface area (Å²) in [6.07, 6.45) is 4.93. The van der Waals surface area contributed by atoms with Gasteiger partial charge in [-0.15, -0.1) is 11.6 Å². The average molecular weight is 815 g/mol. The number of H-pyrrole nitrogens is 1. The van der Waals surface area contributed by atoms with Crippen LogP contribution in [0.4, 0.5) is 4.39 Å². The number of nitrogens with zero attached hydrogens (tertiary/aromatic N) is 4. The molecule has 0 bridgehead atoms. The Kier molecular flexibility index (Phi) is 12.8. The first-order valence-electron chi connectivity index (χ1n) is 16.7. The second-order valence-corrected chi connectivity index (χ2v) is 14.2. The molecule has 282 valence electrons. The lowest BCUT2D eigenvalue weighted by molar-refractivity contribution is 0.00728. The minimum Gasteiger partial charge on any atom is -0.474 e. The van der Waals surface area contributed by atoms with Crippen molar-refractivity contribution >= 4 is 59.1 Å². The number of hydrogen-bond donors (Lipinski definition) is 2. The lowest BCUT2D eigenvalue weighted by atomic mass is 9.89. The van der Waals surface area contributed by atoms with Crippen molar-refractivity contribution in [2.75, 3.05) is 20.3 Å². The SMILES string of the molecule is CO/N=C/C(C1=NOCCO1)c1ccccc1Oc1cccc(Oc2ccccc2Cl)c1F.OC(Cc1ccccc1Cl)(Cn1[nH]cnc1=S)C1(Cl)CC1. The van der Waals surface area contributed by atoms with Gasteiger partial charge in [0.1, 0.15) is 43.1 Å². The maximum absolute atomic E-state index is 15.3. The van der Waals surface area contributed by atoms with E-state index < -0.39 is 22.2 Å². The van der Waals surface area contributed by atoms with E-state index in [-0.39, 0.29) is 23.9 Å². The van der Waals surface area contributed by atoms with Crippen molar-refractivity contribution in [1.82, 2.24) is 14.8 Å². The van der Waals surface area contributed by atoms with Gasteiger partial charge in [0.25, 0.3) is 0 Å². The third kappa shape index (κ3) is 9.34. The Morgan fingerprint density at radius 2 is 1.61 bits per heavy atom. The molecule has 1 aliphatic heterocycles. The molecule has 2 N–H and O–H groups in total. The summed E-state index contributed by atoms with van der Waals surface area (Å²) in [7, 11) is 1.43. The standard InChI is InChI=1S/C24H20ClFN2O5.C14H15Cl2N3OS/c1-29-27-15-17(24-28-31-14-13-30-24)16-7-2-4-9-19(16)32-21-11-6-12-22(23(21)26)33-20-10-5-3-8-18(20)25;15-11-4-2-1-3-10(11)7-14(20,13(16)5-6-13)8-19-12(21)17-9-18-19/h2-12,15,17H,13-14H2,1H3;1-4,9,20H,5-8H2,(H,17,18,21)/b27-15+;. The molecule has 5 aromatic rings. The van der Waals surface area contributed by atoms with E-state index in [9.17, 15) is 5.11 Å². The topological polar surface area (TPSA) is 125 Å². The van der Waals surface area contributed by atoms with Crippen LogP contribution in [0.5, 0.6) is 23.0 Å². The van der Waals surface area contributed by atoms with Crippen LogP contribution >= 0.6 is 47.0 Å². The molecule has 4 aromatic carbocycles. The summed E-state index contributed by atoms with van der Waals surface area (Å²) in [5.41, 5.74) is 0.364. The van der Waals surface area contributed by atoms with E-state index in [4.69, 9.17) is 70.9 Å². The van der Waals surface area contributed by atoms with Gasteiger partial charge in [-0.05, 0) is 67.0 Å². The fourth-order valence-corrected chi connectivity index (χ4v) is 6.42. The van der Waals surface area contributed by atoms with E-state index in [1.54, 1.807) is 53.2 Å². The number of aromatic nitrogens is 3. The van der Waals surface area contributed by atoms with Gasteiger partial charge in [-0.3, -0.25) is 9.78 Å². The molecule has 2 atom stereocenters. The summed E-state index contributed by atoms with van der Waals surface area (Å²) in [4.78, 5) is 13.3. The highest BCUT2D eigenvalue weighted by atomic mass is 35.5. The number of aliphatic hydroxyl groups is 1.